The van der Waals surface area contributed by atoms with Crippen molar-refractivity contribution in [2.24, 2.45) is 10.9 Å². The molecule has 2 atom stereocenters. The third-order valence-corrected chi connectivity index (χ3v) is 6.03. The fraction of sp³-hybridized carbons (Fsp3) is 0.263. The minimum absolute atomic E-state index is 0.105. The Morgan fingerprint density at radius 2 is 1.92 bits per heavy atom. The number of fused-ring (bicyclic) bond motifs is 3. The van der Waals surface area contributed by atoms with Gasteiger partial charge in [0, 0.05) is 5.92 Å². The number of hydrogen-bond donors (Lipinski definition) is 1. The molecule has 1 N–H and O–H groups in total. The van der Waals surface area contributed by atoms with Crippen LogP contribution in [0.4, 0.5) is 4.79 Å². The summed E-state index contributed by atoms with van der Waals surface area (Å²) in [5.41, 5.74) is 4.30. The Balaban J connectivity index is 1.79. The topological polar surface area (TPSA) is 50.7 Å². The molecule has 128 valence electrons. The highest BCUT2D eigenvalue weighted by Crippen LogP contribution is 2.41. The third kappa shape index (κ3) is 2.91. The van der Waals surface area contributed by atoms with Crippen LogP contribution in [0, 0.1) is 5.92 Å². The molecule has 4 rings (SSSR count). The summed E-state index contributed by atoms with van der Waals surface area (Å²) in [6.45, 7) is 0. The Hall–Kier alpha value is -1.66. The summed E-state index contributed by atoms with van der Waals surface area (Å²) in [4.78, 5) is 16.6. The van der Waals surface area contributed by atoms with Crippen molar-refractivity contribution in [1.29, 1.82) is 0 Å². The molecule has 0 saturated heterocycles. The van der Waals surface area contributed by atoms with E-state index in [0.717, 1.165) is 44.4 Å². The number of ether oxygens (including phenoxy) is 1. The molecule has 2 amide bonds. The number of rotatable bonds is 2. The Bertz CT molecular complexity index is 872. The number of nitrogens with zero attached hydrogens (tertiary/aromatic N) is 1. The van der Waals surface area contributed by atoms with Gasteiger partial charge < -0.3 is 10.1 Å². The molecule has 2 aliphatic rings. The van der Waals surface area contributed by atoms with Crippen LogP contribution < -0.4 is 10.1 Å². The zero-order valence-electron chi connectivity index (χ0n) is 13.6. The number of carbonyl (C=O) groups excluding carboxylic acids is 1. The molecular weight excluding hydrogens is 448 g/mol. The van der Waals surface area contributed by atoms with Gasteiger partial charge in [0.25, 0.3) is 0 Å². The SMILES string of the molecule is COc1c(Br)cc(C2NC(=O)N=C3c4ccccc4CCC32)cc1Br. The second-order valence-corrected chi connectivity index (χ2v) is 7.95. The van der Waals surface area contributed by atoms with E-state index in [-0.39, 0.29) is 18.0 Å². The maximum atomic E-state index is 12.3. The standard InChI is InChI=1S/C19H16Br2N2O2/c1-25-18-14(20)8-11(9-15(18)21)16-13-7-6-10-4-2-3-5-12(10)17(13)23-19(24)22-16/h2-5,8-9,13,16H,6-7H2,1H3,(H,22,24). The molecule has 0 radical (unpaired) electrons. The zero-order valence-corrected chi connectivity index (χ0v) is 16.7. The van der Waals surface area contributed by atoms with Crippen molar-refractivity contribution >= 4 is 43.6 Å². The maximum absolute atomic E-state index is 12.3. The Labute approximate surface area is 162 Å². The highest BCUT2D eigenvalue weighted by molar-refractivity contribution is 9.11. The Kier molecular flexibility index (Phi) is 4.41. The number of hydrogen-bond acceptors (Lipinski definition) is 2. The van der Waals surface area contributed by atoms with E-state index in [0.29, 0.717) is 0 Å². The van der Waals surface area contributed by atoms with Crippen molar-refractivity contribution < 1.29 is 9.53 Å². The first-order valence-electron chi connectivity index (χ1n) is 8.08. The molecule has 2 aromatic carbocycles. The van der Waals surface area contributed by atoms with E-state index in [1.165, 1.54) is 5.56 Å². The van der Waals surface area contributed by atoms with Gasteiger partial charge in [-0.2, -0.15) is 4.99 Å². The van der Waals surface area contributed by atoms with E-state index in [1.54, 1.807) is 7.11 Å². The number of halogens is 2. The van der Waals surface area contributed by atoms with Gasteiger partial charge in [0.1, 0.15) is 5.75 Å². The minimum atomic E-state index is -0.281. The quantitative estimate of drug-likeness (QED) is 0.678. The maximum Gasteiger partial charge on any atom is 0.341 e. The van der Waals surface area contributed by atoms with Gasteiger partial charge in [-0.3, -0.25) is 0 Å². The smallest absolute Gasteiger partial charge is 0.341 e. The number of nitrogens with one attached hydrogen (secondary N) is 1. The lowest BCUT2D eigenvalue weighted by molar-refractivity contribution is 0.239. The number of carbonyl (C=O) groups is 1. The fourth-order valence-electron chi connectivity index (χ4n) is 3.75. The van der Waals surface area contributed by atoms with E-state index >= 15 is 0 Å². The molecule has 0 aromatic heterocycles. The van der Waals surface area contributed by atoms with Crippen LogP contribution in [0.3, 0.4) is 0 Å². The van der Waals surface area contributed by atoms with E-state index < -0.39 is 0 Å². The molecule has 6 heteroatoms. The largest absolute Gasteiger partial charge is 0.494 e. The number of methoxy groups -OCH3 is 1. The molecule has 1 aliphatic carbocycles. The first-order valence-corrected chi connectivity index (χ1v) is 9.67. The minimum Gasteiger partial charge on any atom is -0.494 e. The fourth-order valence-corrected chi connectivity index (χ4v) is 5.29. The van der Waals surface area contributed by atoms with Gasteiger partial charge in [0.2, 0.25) is 0 Å². The average Bonchev–Trinajstić information content (AvgIpc) is 2.60. The van der Waals surface area contributed by atoms with E-state index in [1.807, 2.05) is 24.3 Å². The first kappa shape index (κ1) is 16.8. The van der Waals surface area contributed by atoms with Crippen molar-refractivity contribution in [3.05, 3.63) is 62.0 Å². The highest BCUT2D eigenvalue weighted by atomic mass is 79.9. The predicted octanol–water partition coefficient (Wildman–Crippen LogP) is 5.04. The third-order valence-electron chi connectivity index (χ3n) is 4.86. The van der Waals surface area contributed by atoms with Crippen molar-refractivity contribution in [2.75, 3.05) is 7.11 Å². The van der Waals surface area contributed by atoms with Crippen molar-refractivity contribution in [1.82, 2.24) is 5.32 Å². The van der Waals surface area contributed by atoms with E-state index in [2.05, 4.69) is 54.3 Å². The van der Waals surface area contributed by atoms with Crippen LogP contribution >= 0.6 is 31.9 Å². The molecular formula is C19H16Br2N2O2. The second kappa shape index (κ2) is 6.57. The van der Waals surface area contributed by atoms with Crippen molar-refractivity contribution in [3.63, 3.8) is 0 Å². The second-order valence-electron chi connectivity index (χ2n) is 6.24. The lowest BCUT2D eigenvalue weighted by Gasteiger charge is -2.36. The summed E-state index contributed by atoms with van der Waals surface area (Å²) < 4.78 is 7.10. The number of aryl methyl sites for hydroxylation is 1. The van der Waals surface area contributed by atoms with E-state index in [9.17, 15) is 4.79 Å². The van der Waals surface area contributed by atoms with Crippen LogP contribution in [0.15, 0.2) is 50.3 Å². The molecule has 1 aliphatic heterocycles. The monoisotopic (exact) mass is 462 g/mol. The van der Waals surface area contributed by atoms with Gasteiger partial charge in [0.15, 0.2) is 0 Å². The Morgan fingerprint density at radius 1 is 1.20 bits per heavy atom. The van der Waals surface area contributed by atoms with Crippen molar-refractivity contribution in [3.8, 4) is 5.75 Å². The summed E-state index contributed by atoms with van der Waals surface area (Å²) in [6.07, 6.45) is 1.95. The summed E-state index contributed by atoms with van der Waals surface area (Å²) >= 11 is 7.11. The lowest BCUT2D eigenvalue weighted by Crippen LogP contribution is -2.43. The molecule has 25 heavy (non-hydrogen) atoms. The first-order chi connectivity index (χ1) is 12.1. The summed E-state index contributed by atoms with van der Waals surface area (Å²) in [5.74, 6) is 0.911. The molecule has 0 saturated carbocycles. The van der Waals surface area contributed by atoms with Gasteiger partial charge in [0.05, 0.1) is 27.8 Å². The molecule has 0 bridgehead atoms. The van der Waals surface area contributed by atoms with Gasteiger partial charge in [-0.1, -0.05) is 24.3 Å². The summed E-state index contributed by atoms with van der Waals surface area (Å²) in [5, 5.41) is 3.05. The van der Waals surface area contributed by atoms with Crippen LogP contribution in [0.2, 0.25) is 0 Å². The van der Waals surface area contributed by atoms with Crippen LogP contribution in [0.25, 0.3) is 0 Å². The zero-order chi connectivity index (χ0) is 17.6. The molecule has 1 heterocycles. The highest BCUT2D eigenvalue weighted by Gasteiger charge is 2.37. The number of urea groups is 1. The van der Waals surface area contributed by atoms with Gasteiger partial charge in [-0.05, 0) is 73.5 Å². The van der Waals surface area contributed by atoms with Gasteiger partial charge in [-0.15, -0.1) is 0 Å². The summed E-state index contributed by atoms with van der Waals surface area (Å²) in [6, 6.07) is 11.9. The molecule has 2 aromatic rings. The van der Waals surface area contributed by atoms with Crippen LogP contribution in [-0.4, -0.2) is 18.9 Å². The average molecular weight is 464 g/mol. The molecule has 2 unspecified atom stereocenters. The normalized spacial score (nSPS) is 21.7. The number of aliphatic imine (C=N–C) groups is 1. The predicted molar refractivity (Wildman–Crippen MR) is 104 cm³/mol. The van der Waals surface area contributed by atoms with E-state index in [4.69, 9.17) is 4.74 Å². The number of benzene rings is 2. The van der Waals surface area contributed by atoms with Gasteiger partial charge >= 0.3 is 6.03 Å². The molecule has 4 nitrogen and oxygen atoms in total. The summed E-state index contributed by atoms with van der Waals surface area (Å²) in [7, 11) is 1.63. The van der Waals surface area contributed by atoms with Crippen LogP contribution in [0.1, 0.15) is 29.2 Å². The van der Waals surface area contributed by atoms with Gasteiger partial charge in [-0.25, -0.2) is 4.79 Å². The molecule has 0 fully saturated rings. The Morgan fingerprint density at radius 3 is 2.64 bits per heavy atom. The molecule has 0 spiro atoms. The number of amides is 2. The lowest BCUT2D eigenvalue weighted by atomic mass is 9.75. The van der Waals surface area contributed by atoms with Crippen LogP contribution in [-0.2, 0) is 6.42 Å². The van der Waals surface area contributed by atoms with Crippen LogP contribution in [0.5, 0.6) is 5.75 Å². The van der Waals surface area contributed by atoms with Crippen molar-refractivity contribution in [2.45, 2.75) is 18.9 Å².